The number of rotatable bonds is 5. The largest absolute Gasteiger partial charge is 0.493 e. The molecule has 5 nitrogen and oxygen atoms in total. The van der Waals surface area contributed by atoms with Crippen LogP contribution in [-0.4, -0.2) is 21.9 Å². The van der Waals surface area contributed by atoms with E-state index in [1.165, 1.54) is 23.2 Å². The molecule has 2 rings (SSSR count). The minimum absolute atomic E-state index is 0.0449. The van der Waals surface area contributed by atoms with Crippen molar-refractivity contribution in [3.63, 3.8) is 0 Å². The second-order valence-corrected chi connectivity index (χ2v) is 3.90. The van der Waals surface area contributed by atoms with E-state index in [2.05, 4.69) is 4.98 Å². The number of ether oxygens (including phenoxy) is 1. The zero-order valence-electron chi connectivity index (χ0n) is 10.6. The van der Waals surface area contributed by atoms with Crippen LogP contribution >= 0.6 is 0 Å². The van der Waals surface area contributed by atoms with Crippen molar-refractivity contribution in [3.05, 3.63) is 58.8 Å². The van der Waals surface area contributed by atoms with Gasteiger partial charge in [0.2, 0.25) is 0 Å². The number of ketones is 1. The highest BCUT2D eigenvalue weighted by Gasteiger charge is 2.12. The fourth-order valence-corrected chi connectivity index (χ4v) is 1.72. The zero-order chi connectivity index (χ0) is 13.7. The third-order valence-electron chi connectivity index (χ3n) is 2.59. The van der Waals surface area contributed by atoms with Crippen LogP contribution in [0.2, 0.25) is 0 Å². The van der Waals surface area contributed by atoms with Gasteiger partial charge in [-0.1, -0.05) is 12.1 Å². The Kier molecular flexibility index (Phi) is 4.07. The zero-order valence-corrected chi connectivity index (χ0v) is 10.6. The quantitative estimate of drug-likeness (QED) is 0.763. The third-order valence-corrected chi connectivity index (χ3v) is 2.59. The second-order valence-electron chi connectivity index (χ2n) is 3.90. The molecule has 0 aliphatic rings. The Balaban J connectivity index is 2.26. The highest BCUT2D eigenvalue weighted by molar-refractivity contribution is 5.98. The van der Waals surface area contributed by atoms with E-state index in [4.69, 9.17) is 4.74 Å². The molecule has 0 fully saturated rings. The van der Waals surface area contributed by atoms with E-state index >= 15 is 0 Å². The molecule has 0 N–H and O–H groups in total. The van der Waals surface area contributed by atoms with Crippen molar-refractivity contribution < 1.29 is 9.53 Å². The lowest BCUT2D eigenvalue weighted by molar-refractivity contribution is 0.0966. The Morgan fingerprint density at radius 2 is 2.11 bits per heavy atom. The average Bonchev–Trinajstić information content (AvgIpc) is 2.42. The Labute approximate surface area is 110 Å². The summed E-state index contributed by atoms with van der Waals surface area (Å²) in [5, 5.41) is 0. The lowest BCUT2D eigenvalue weighted by atomic mass is 10.1. The Hall–Kier alpha value is -2.43. The summed E-state index contributed by atoms with van der Waals surface area (Å²) in [6.45, 7) is 2.29. The summed E-state index contributed by atoms with van der Waals surface area (Å²) in [4.78, 5) is 27.6. The van der Waals surface area contributed by atoms with Crippen molar-refractivity contribution in [2.45, 2.75) is 13.5 Å². The Morgan fingerprint density at radius 1 is 1.32 bits per heavy atom. The van der Waals surface area contributed by atoms with Gasteiger partial charge in [-0.15, -0.1) is 0 Å². The van der Waals surface area contributed by atoms with Crippen LogP contribution in [0.1, 0.15) is 17.3 Å². The van der Waals surface area contributed by atoms with Gasteiger partial charge in [0.1, 0.15) is 5.75 Å². The van der Waals surface area contributed by atoms with Crippen LogP contribution < -0.4 is 10.3 Å². The molecule has 1 aromatic heterocycles. The number of Topliss-reactive ketones (excluding diaryl/α,β-unsaturated/α-hetero) is 1. The van der Waals surface area contributed by atoms with Crippen LogP contribution in [0, 0.1) is 0 Å². The van der Waals surface area contributed by atoms with Gasteiger partial charge in [-0.25, -0.2) is 4.98 Å². The molecule has 0 aliphatic heterocycles. The maximum atomic E-state index is 12.2. The van der Waals surface area contributed by atoms with Gasteiger partial charge in [0, 0.05) is 12.3 Å². The van der Waals surface area contributed by atoms with Crippen LogP contribution in [0.15, 0.2) is 47.7 Å². The molecule has 0 saturated heterocycles. The maximum absolute atomic E-state index is 12.2. The molecule has 0 atom stereocenters. The van der Waals surface area contributed by atoms with E-state index in [9.17, 15) is 9.59 Å². The van der Waals surface area contributed by atoms with E-state index in [0.717, 1.165) is 0 Å². The first-order valence-corrected chi connectivity index (χ1v) is 5.98. The first-order valence-electron chi connectivity index (χ1n) is 5.98. The van der Waals surface area contributed by atoms with Crippen LogP contribution in [0.5, 0.6) is 5.75 Å². The molecule has 0 unspecified atom stereocenters. The van der Waals surface area contributed by atoms with Gasteiger partial charge in [0.05, 0.1) is 25.0 Å². The van der Waals surface area contributed by atoms with E-state index in [1.54, 1.807) is 24.3 Å². The third kappa shape index (κ3) is 3.07. The minimum atomic E-state index is -0.253. The Morgan fingerprint density at radius 3 is 2.84 bits per heavy atom. The molecule has 1 heterocycles. The molecular formula is C14H14N2O3. The first-order chi connectivity index (χ1) is 9.22. The molecule has 98 valence electrons. The van der Waals surface area contributed by atoms with Gasteiger partial charge in [0.15, 0.2) is 5.78 Å². The van der Waals surface area contributed by atoms with Crippen LogP contribution in [0.3, 0.4) is 0 Å². The topological polar surface area (TPSA) is 61.2 Å². The molecule has 0 radical (unpaired) electrons. The number of hydrogen-bond acceptors (Lipinski definition) is 4. The molecule has 1 aromatic carbocycles. The number of para-hydroxylation sites is 1. The van der Waals surface area contributed by atoms with Crippen molar-refractivity contribution in [1.82, 2.24) is 9.55 Å². The summed E-state index contributed by atoms with van der Waals surface area (Å²) in [6, 6.07) is 8.32. The summed E-state index contributed by atoms with van der Waals surface area (Å²) in [7, 11) is 0. The van der Waals surface area contributed by atoms with Crippen molar-refractivity contribution >= 4 is 5.78 Å². The van der Waals surface area contributed by atoms with Crippen molar-refractivity contribution in [2.75, 3.05) is 6.61 Å². The lowest BCUT2D eigenvalue weighted by Crippen LogP contribution is -2.23. The summed E-state index contributed by atoms with van der Waals surface area (Å²) in [5.74, 6) is 0.353. The van der Waals surface area contributed by atoms with Gasteiger partial charge in [-0.2, -0.15) is 0 Å². The normalized spacial score (nSPS) is 10.2. The standard InChI is InChI=1S/C14H14N2O3/c1-2-19-13-6-4-3-5-11(13)12(17)9-16-10-15-8-7-14(16)18/h3-8,10H,2,9H2,1H3. The van der Waals surface area contributed by atoms with E-state index in [-0.39, 0.29) is 17.9 Å². The molecule has 0 amide bonds. The maximum Gasteiger partial charge on any atom is 0.253 e. The Bertz CT molecular complexity index is 634. The first kappa shape index (κ1) is 13.0. The number of benzene rings is 1. The summed E-state index contributed by atoms with van der Waals surface area (Å²) >= 11 is 0. The van der Waals surface area contributed by atoms with Gasteiger partial charge in [-0.05, 0) is 19.1 Å². The molecular weight excluding hydrogens is 244 g/mol. The lowest BCUT2D eigenvalue weighted by Gasteiger charge is -2.09. The highest BCUT2D eigenvalue weighted by Crippen LogP contribution is 2.18. The number of aromatic nitrogens is 2. The van der Waals surface area contributed by atoms with Crippen LogP contribution in [0.4, 0.5) is 0 Å². The summed E-state index contributed by atoms with van der Waals surface area (Å²) < 4.78 is 6.67. The van der Waals surface area contributed by atoms with Crippen LogP contribution in [-0.2, 0) is 6.54 Å². The van der Waals surface area contributed by atoms with E-state index in [1.807, 2.05) is 6.92 Å². The highest BCUT2D eigenvalue weighted by atomic mass is 16.5. The van der Waals surface area contributed by atoms with Crippen molar-refractivity contribution in [2.24, 2.45) is 0 Å². The van der Waals surface area contributed by atoms with Gasteiger partial charge >= 0.3 is 0 Å². The molecule has 0 aliphatic carbocycles. The monoisotopic (exact) mass is 258 g/mol. The fraction of sp³-hybridized carbons (Fsp3) is 0.214. The molecule has 5 heteroatoms. The van der Waals surface area contributed by atoms with Gasteiger partial charge in [0.25, 0.3) is 5.56 Å². The number of carbonyl (C=O) groups excluding carboxylic acids is 1. The van der Waals surface area contributed by atoms with E-state index < -0.39 is 0 Å². The summed E-state index contributed by atoms with van der Waals surface area (Å²) in [6.07, 6.45) is 2.75. The SMILES string of the molecule is CCOc1ccccc1C(=O)Cn1cnccc1=O. The minimum Gasteiger partial charge on any atom is -0.493 e. The number of carbonyl (C=O) groups is 1. The van der Waals surface area contributed by atoms with Gasteiger partial charge < -0.3 is 4.74 Å². The fourth-order valence-electron chi connectivity index (χ4n) is 1.72. The number of nitrogens with zero attached hydrogens (tertiary/aromatic N) is 2. The smallest absolute Gasteiger partial charge is 0.253 e. The predicted octanol–water partition coefficient (Wildman–Crippen LogP) is 1.52. The second kappa shape index (κ2) is 5.95. The molecule has 0 bridgehead atoms. The van der Waals surface area contributed by atoms with Crippen LogP contribution in [0.25, 0.3) is 0 Å². The van der Waals surface area contributed by atoms with E-state index in [0.29, 0.717) is 17.9 Å². The average molecular weight is 258 g/mol. The number of hydrogen-bond donors (Lipinski definition) is 0. The molecule has 0 spiro atoms. The molecule has 19 heavy (non-hydrogen) atoms. The molecule has 2 aromatic rings. The van der Waals surface area contributed by atoms with Gasteiger partial charge in [-0.3, -0.25) is 14.2 Å². The molecule has 0 saturated carbocycles. The van der Waals surface area contributed by atoms with Crippen molar-refractivity contribution in [1.29, 1.82) is 0 Å². The van der Waals surface area contributed by atoms with Crippen molar-refractivity contribution in [3.8, 4) is 5.75 Å². The summed E-state index contributed by atoms with van der Waals surface area (Å²) in [5.41, 5.74) is 0.220. The predicted molar refractivity (Wildman–Crippen MR) is 70.4 cm³/mol.